The zero-order chi connectivity index (χ0) is 13.0. The Balaban J connectivity index is 1.95. The van der Waals surface area contributed by atoms with Crippen LogP contribution in [0.2, 0.25) is 0 Å². The number of hydrogen-bond acceptors (Lipinski definition) is 3. The van der Waals surface area contributed by atoms with Crippen molar-refractivity contribution in [2.45, 2.75) is 19.4 Å². The molecular formula is C14H16N2O2. The number of carbonyl (C=O) groups excluding carboxylic acids is 1. The van der Waals surface area contributed by atoms with E-state index < -0.39 is 0 Å². The predicted octanol–water partition coefficient (Wildman–Crippen LogP) is 2.28. The van der Waals surface area contributed by atoms with E-state index in [0.717, 1.165) is 11.3 Å². The second kappa shape index (κ2) is 5.40. The monoisotopic (exact) mass is 244 g/mol. The summed E-state index contributed by atoms with van der Waals surface area (Å²) in [4.78, 5) is 11.9. The van der Waals surface area contributed by atoms with Gasteiger partial charge in [0.2, 0.25) is 5.91 Å². The van der Waals surface area contributed by atoms with Gasteiger partial charge < -0.3 is 15.5 Å². The van der Waals surface area contributed by atoms with E-state index in [1.165, 1.54) is 0 Å². The first-order valence-corrected chi connectivity index (χ1v) is 5.83. The summed E-state index contributed by atoms with van der Waals surface area (Å²) in [6.07, 6.45) is 1.87. The molecule has 1 heterocycles. The summed E-state index contributed by atoms with van der Waals surface area (Å²) < 4.78 is 5.23. The van der Waals surface area contributed by atoms with Crippen LogP contribution in [-0.2, 0) is 11.2 Å². The summed E-state index contributed by atoms with van der Waals surface area (Å²) in [5.74, 6) is 0.668. The summed E-state index contributed by atoms with van der Waals surface area (Å²) in [5, 5.41) is 2.87. The van der Waals surface area contributed by atoms with Crippen LogP contribution in [0, 0.1) is 0 Å². The molecule has 94 valence electrons. The highest BCUT2D eigenvalue weighted by molar-refractivity contribution is 5.80. The van der Waals surface area contributed by atoms with Gasteiger partial charge in [-0.15, -0.1) is 0 Å². The highest BCUT2D eigenvalue weighted by Gasteiger charge is 2.12. The minimum absolute atomic E-state index is 0.0724. The molecule has 3 N–H and O–H groups in total. The van der Waals surface area contributed by atoms with Crippen LogP contribution in [0.3, 0.4) is 0 Å². The fourth-order valence-corrected chi connectivity index (χ4v) is 1.77. The van der Waals surface area contributed by atoms with Crippen LogP contribution in [0.4, 0.5) is 5.69 Å². The van der Waals surface area contributed by atoms with Crippen molar-refractivity contribution in [3.63, 3.8) is 0 Å². The number of hydrogen-bond donors (Lipinski definition) is 2. The first-order valence-electron chi connectivity index (χ1n) is 5.83. The number of amides is 1. The third-order valence-electron chi connectivity index (χ3n) is 2.75. The number of nitrogens with one attached hydrogen (secondary N) is 1. The second-order valence-corrected chi connectivity index (χ2v) is 4.18. The van der Waals surface area contributed by atoms with Crippen molar-refractivity contribution in [1.82, 2.24) is 5.32 Å². The van der Waals surface area contributed by atoms with Crippen molar-refractivity contribution < 1.29 is 9.21 Å². The van der Waals surface area contributed by atoms with Crippen LogP contribution >= 0.6 is 0 Å². The van der Waals surface area contributed by atoms with Crippen molar-refractivity contribution in [1.29, 1.82) is 0 Å². The number of carbonyl (C=O) groups is 1. The molecule has 1 atom stereocenters. The molecule has 4 nitrogen and oxygen atoms in total. The standard InChI is InChI=1S/C14H16N2O2/c1-10(13-7-4-8-18-13)16-14(17)9-11-5-2-3-6-12(11)15/h2-8,10H,9,15H2,1H3,(H,16,17). The van der Waals surface area contributed by atoms with Gasteiger partial charge in [0.25, 0.3) is 0 Å². The van der Waals surface area contributed by atoms with Crippen molar-refractivity contribution >= 4 is 11.6 Å². The quantitative estimate of drug-likeness (QED) is 0.811. The molecule has 1 unspecified atom stereocenters. The molecule has 0 bridgehead atoms. The van der Waals surface area contributed by atoms with Gasteiger partial charge in [0.1, 0.15) is 5.76 Å². The Morgan fingerprint density at radius 1 is 1.33 bits per heavy atom. The maximum Gasteiger partial charge on any atom is 0.225 e. The second-order valence-electron chi connectivity index (χ2n) is 4.18. The number of nitrogens with two attached hydrogens (primary N) is 1. The summed E-state index contributed by atoms with van der Waals surface area (Å²) in [6, 6.07) is 10.9. The van der Waals surface area contributed by atoms with Crippen molar-refractivity contribution in [3.8, 4) is 0 Å². The SMILES string of the molecule is CC(NC(=O)Cc1ccccc1N)c1ccco1. The molecule has 0 aliphatic carbocycles. The molecule has 1 aromatic heterocycles. The number of furan rings is 1. The highest BCUT2D eigenvalue weighted by atomic mass is 16.3. The van der Waals surface area contributed by atoms with E-state index in [1.807, 2.05) is 31.2 Å². The van der Waals surface area contributed by atoms with Crippen molar-refractivity contribution in [2.75, 3.05) is 5.73 Å². The minimum atomic E-state index is -0.141. The van der Waals surface area contributed by atoms with Gasteiger partial charge >= 0.3 is 0 Å². The van der Waals surface area contributed by atoms with E-state index in [4.69, 9.17) is 10.2 Å². The number of anilines is 1. The summed E-state index contributed by atoms with van der Waals surface area (Å²) in [6.45, 7) is 1.88. The molecule has 0 saturated carbocycles. The third kappa shape index (κ3) is 2.91. The first kappa shape index (κ1) is 12.2. The maximum atomic E-state index is 11.9. The zero-order valence-electron chi connectivity index (χ0n) is 10.2. The molecule has 0 aliphatic heterocycles. The summed E-state index contributed by atoms with van der Waals surface area (Å²) in [5.41, 5.74) is 7.27. The minimum Gasteiger partial charge on any atom is -0.467 e. The average molecular weight is 244 g/mol. The summed E-state index contributed by atoms with van der Waals surface area (Å²) >= 11 is 0. The first-order chi connectivity index (χ1) is 8.66. The number of rotatable bonds is 4. The van der Waals surface area contributed by atoms with E-state index in [2.05, 4.69) is 5.32 Å². The Morgan fingerprint density at radius 3 is 2.78 bits per heavy atom. The smallest absolute Gasteiger partial charge is 0.225 e. The fourth-order valence-electron chi connectivity index (χ4n) is 1.77. The Morgan fingerprint density at radius 2 is 2.11 bits per heavy atom. The number of para-hydroxylation sites is 1. The molecule has 18 heavy (non-hydrogen) atoms. The van der Waals surface area contributed by atoms with Crippen LogP contribution in [0.25, 0.3) is 0 Å². The highest BCUT2D eigenvalue weighted by Crippen LogP contribution is 2.14. The largest absolute Gasteiger partial charge is 0.467 e. The van der Waals surface area contributed by atoms with Crippen molar-refractivity contribution in [3.05, 3.63) is 54.0 Å². The van der Waals surface area contributed by atoms with E-state index in [-0.39, 0.29) is 18.4 Å². The van der Waals surface area contributed by atoms with Crippen LogP contribution in [-0.4, -0.2) is 5.91 Å². The topological polar surface area (TPSA) is 68.3 Å². The van der Waals surface area contributed by atoms with Gasteiger partial charge in [-0.05, 0) is 30.7 Å². The van der Waals surface area contributed by atoms with Gasteiger partial charge in [-0.2, -0.15) is 0 Å². The van der Waals surface area contributed by atoms with Gasteiger partial charge in [-0.1, -0.05) is 18.2 Å². The van der Waals surface area contributed by atoms with E-state index >= 15 is 0 Å². The Kier molecular flexibility index (Phi) is 3.67. The number of nitrogen functional groups attached to an aromatic ring is 1. The lowest BCUT2D eigenvalue weighted by atomic mass is 10.1. The van der Waals surface area contributed by atoms with E-state index in [0.29, 0.717) is 5.69 Å². The molecule has 0 radical (unpaired) electrons. The molecule has 4 heteroatoms. The number of benzene rings is 1. The molecule has 0 spiro atoms. The summed E-state index contributed by atoms with van der Waals surface area (Å²) in [7, 11) is 0. The van der Waals surface area contributed by atoms with Crippen LogP contribution in [0.5, 0.6) is 0 Å². The molecule has 2 aromatic rings. The molecule has 1 amide bonds. The molecule has 0 saturated heterocycles. The van der Waals surface area contributed by atoms with Crippen LogP contribution in [0.15, 0.2) is 47.1 Å². The lowest BCUT2D eigenvalue weighted by molar-refractivity contribution is -0.121. The Bertz CT molecular complexity index is 520. The van der Waals surface area contributed by atoms with Crippen LogP contribution < -0.4 is 11.1 Å². The lowest BCUT2D eigenvalue weighted by Crippen LogP contribution is -2.28. The Hall–Kier alpha value is -2.23. The van der Waals surface area contributed by atoms with Gasteiger partial charge in [-0.25, -0.2) is 0 Å². The fraction of sp³-hybridized carbons (Fsp3) is 0.214. The lowest BCUT2D eigenvalue weighted by Gasteiger charge is -2.12. The molecular weight excluding hydrogens is 228 g/mol. The van der Waals surface area contributed by atoms with E-state index in [9.17, 15) is 4.79 Å². The van der Waals surface area contributed by atoms with Gasteiger partial charge in [0, 0.05) is 5.69 Å². The Labute approximate surface area is 106 Å². The molecule has 0 aliphatic rings. The zero-order valence-corrected chi connectivity index (χ0v) is 10.2. The average Bonchev–Trinajstić information content (AvgIpc) is 2.85. The van der Waals surface area contributed by atoms with Gasteiger partial charge in [0.05, 0.1) is 18.7 Å². The third-order valence-corrected chi connectivity index (χ3v) is 2.75. The maximum absolute atomic E-state index is 11.9. The molecule has 2 rings (SSSR count). The van der Waals surface area contributed by atoms with Crippen molar-refractivity contribution in [2.24, 2.45) is 0 Å². The molecule has 1 aromatic carbocycles. The molecule has 0 fully saturated rings. The van der Waals surface area contributed by atoms with Gasteiger partial charge in [0.15, 0.2) is 0 Å². The van der Waals surface area contributed by atoms with Gasteiger partial charge in [-0.3, -0.25) is 4.79 Å². The normalized spacial score (nSPS) is 12.1. The van der Waals surface area contributed by atoms with Crippen LogP contribution in [0.1, 0.15) is 24.3 Å². The van der Waals surface area contributed by atoms with E-state index in [1.54, 1.807) is 18.4 Å². The predicted molar refractivity (Wildman–Crippen MR) is 69.8 cm³/mol.